The number of benzene rings is 1. The molecule has 1 aliphatic carbocycles. The Balaban J connectivity index is 1.23. The van der Waals surface area contributed by atoms with Gasteiger partial charge in [0.15, 0.2) is 0 Å². The minimum Gasteiger partial charge on any atom is -0.474 e. The molecule has 31 heavy (non-hydrogen) atoms. The number of pyridine rings is 1. The van der Waals surface area contributed by atoms with Gasteiger partial charge in [-0.2, -0.15) is 0 Å². The van der Waals surface area contributed by atoms with Crippen LogP contribution in [-0.2, 0) is 20.9 Å². The van der Waals surface area contributed by atoms with E-state index in [-0.39, 0.29) is 30.3 Å². The molecule has 1 saturated heterocycles. The quantitative estimate of drug-likeness (QED) is 0.717. The lowest BCUT2D eigenvalue weighted by Crippen LogP contribution is -2.49. The number of anilines is 1. The molecule has 4 rings (SSSR count). The molecule has 0 spiro atoms. The molecule has 0 radical (unpaired) electrons. The van der Waals surface area contributed by atoms with Crippen LogP contribution in [0.1, 0.15) is 37.7 Å². The molecule has 0 unspecified atom stereocenters. The molecule has 0 bridgehead atoms. The van der Waals surface area contributed by atoms with E-state index < -0.39 is 6.03 Å². The van der Waals surface area contributed by atoms with Crippen LogP contribution < -0.4 is 15.0 Å². The van der Waals surface area contributed by atoms with Crippen LogP contribution >= 0.6 is 0 Å². The lowest BCUT2D eigenvalue weighted by atomic mass is 9.87. The molecular weight excluding hydrogens is 398 g/mol. The Labute approximate surface area is 180 Å². The van der Waals surface area contributed by atoms with Gasteiger partial charge in [0.1, 0.15) is 12.7 Å². The summed E-state index contributed by atoms with van der Waals surface area (Å²) in [4.78, 5) is 41.3. The van der Waals surface area contributed by atoms with E-state index in [0.29, 0.717) is 24.7 Å². The summed E-state index contributed by atoms with van der Waals surface area (Å²) in [6.45, 7) is 0.631. The molecule has 2 aromatic rings. The predicted molar refractivity (Wildman–Crippen MR) is 112 cm³/mol. The van der Waals surface area contributed by atoms with Crippen LogP contribution in [0.4, 0.5) is 10.5 Å². The second-order valence-electron chi connectivity index (χ2n) is 7.79. The Bertz CT molecular complexity index is 924. The van der Waals surface area contributed by atoms with Crippen molar-refractivity contribution in [3.63, 3.8) is 0 Å². The first-order valence-corrected chi connectivity index (χ1v) is 10.5. The number of nitrogens with one attached hydrogen (secondary N) is 1. The van der Waals surface area contributed by atoms with Gasteiger partial charge in [-0.05, 0) is 37.3 Å². The van der Waals surface area contributed by atoms with Crippen LogP contribution in [0.15, 0.2) is 48.7 Å². The molecule has 2 heterocycles. The van der Waals surface area contributed by atoms with Gasteiger partial charge in [-0.15, -0.1) is 0 Å². The average molecular weight is 423 g/mol. The highest BCUT2D eigenvalue weighted by molar-refractivity contribution is 6.05. The normalized spacial score (nSPS) is 21.4. The molecule has 1 N–H and O–H groups in total. The maximum absolute atomic E-state index is 12.3. The number of hydrogen-bond donors (Lipinski definition) is 1. The number of esters is 1. The number of amides is 3. The van der Waals surface area contributed by atoms with E-state index in [9.17, 15) is 14.4 Å². The highest BCUT2D eigenvalue weighted by Gasteiger charge is 2.29. The van der Waals surface area contributed by atoms with Gasteiger partial charge in [-0.25, -0.2) is 9.78 Å². The van der Waals surface area contributed by atoms with Crippen molar-refractivity contribution in [2.75, 3.05) is 11.4 Å². The second kappa shape index (κ2) is 9.59. The van der Waals surface area contributed by atoms with Gasteiger partial charge in [0.25, 0.3) is 0 Å². The van der Waals surface area contributed by atoms with E-state index in [1.54, 1.807) is 18.3 Å². The average Bonchev–Trinajstić information content (AvgIpc) is 2.79. The Morgan fingerprint density at radius 1 is 1.06 bits per heavy atom. The maximum atomic E-state index is 12.3. The molecule has 2 fully saturated rings. The third kappa shape index (κ3) is 5.39. The summed E-state index contributed by atoms with van der Waals surface area (Å²) < 4.78 is 11.4. The lowest BCUT2D eigenvalue weighted by molar-refractivity contribution is -0.151. The molecule has 2 aliphatic rings. The molecular formula is C23H25N3O5. The van der Waals surface area contributed by atoms with Crippen LogP contribution in [0.3, 0.4) is 0 Å². The number of rotatable bonds is 6. The first-order chi connectivity index (χ1) is 15.1. The number of nitrogens with zero attached hydrogens (tertiary/aromatic N) is 2. The van der Waals surface area contributed by atoms with Gasteiger partial charge in [0.05, 0.1) is 17.8 Å². The van der Waals surface area contributed by atoms with Gasteiger partial charge in [0, 0.05) is 19.0 Å². The number of imide groups is 1. The summed E-state index contributed by atoms with van der Waals surface area (Å²) in [5.74, 6) is -0.0386. The minimum absolute atomic E-state index is 0.00701. The number of carbonyl (C=O) groups is 3. The van der Waals surface area contributed by atoms with Crippen molar-refractivity contribution in [2.24, 2.45) is 5.92 Å². The smallest absolute Gasteiger partial charge is 0.328 e. The number of aromatic nitrogens is 1. The van der Waals surface area contributed by atoms with E-state index in [1.807, 2.05) is 30.3 Å². The fourth-order valence-corrected chi connectivity index (χ4v) is 3.85. The highest BCUT2D eigenvalue weighted by Crippen LogP contribution is 2.29. The molecule has 0 atom stereocenters. The van der Waals surface area contributed by atoms with Crippen LogP contribution in [-0.4, -0.2) is 35.5 Å². The number of carbonyl (C=O) groups excluding carboxylic acids is 3. The van der Waals surface area contributed by atoms with Crippen molar-refractivity contribution in [1.82, 2.24) is 10.3 Å². The van der Waals surface area contributed by atoms with E-state index in [4.69, 9.17) is 9.47 Å². The number of hydrogen-bond acceptors (Lipinski definition) is 6. The van der Waals surface area contributed by atoms with Crippen molar-refractivity contribution >= 4 is 23.6 Å². The molecule has 1 aromatic heterocycles. The second-order valence-corrected chi connectivity index (χ2v) is 7.79. The molecule has 8 heteroatoms. The molecule has 1 aromatic carbocycles. The Hall–Kier alpha value is -3.42. The van der Waals surface area contributed by atoms with Crippen molar-refractivity contribution in [3.8, 4) is 5.88 Å². The summed E-state index contributed by atoms with van der Waals surface area (Å²) in [5, 5.41) is 2.29. The van der Waals surface area contributed by atoms with Gasteiger partial charge < -0.3 is 9.47 Å². The molecule has 162 valence electrons. The third-order valence-electron chi connectivity index (χ3n) is 5.61. The van der Waals surface area contributed by atoms with Gasteiger partial charge in [-0.1, -0.05) is 30.3 Å². The predicted octanol–water partition coefficient (Wildman–Crippen LogP) is 3.21. The Morgan fingerprint density at radius 3 is 2.52 bits per heavy atom. The molecule has 8 nitrogen and oxygen atoms in total. The molecule has 1 saturated carbocycles. The minimum atomic E-state index is -0.441. The first kappa shape index (κ1) is 20.8. The summed E-state index contributed by atoms with van der Waals surface area (Å²) in [6, 6.07) is 12.7. The lowest BCUT2D eigenvalue weighted by Gasteiger charge is -2.28. The largest absolute Gasteiger partial charge is 0.474 e. The monoisotopic (exact) mass is 423 g/mol. The van der Waals surface area contributed by atoms with Crippen LogP contribution in [0.2, 0.25) is 0 Å². The van der Waals surface area contributed by atoms with Gasteiger partial charge >= 0.3 is 12.0 Å². The van der Waals surface area contributed by atoms with E-state index in [1.165, 1.54) is 4.90 Å². The summed E-state index contributed by atoms with van der Waals surface area (Å²) in [6.07, 6.45) is 4.78. The fraction of sp³-hybridized carbons (Fsp3) is 0.391. The Morgan fingerprint density at radius 2 is 1.84 bits per heavy atom. The zero-order chi connectivity index (χ0) is 21.6. The SMILES string of the molecule is O=C1CCN(c2ccc(O[C@H]3CC[C@H](C(=O)OCc4ccccc4)CC3)nc2)C(=O)N1. The summed E-state index contributed by atoms with van der Waals surface area (Å²) >= 11 is 0. The summed E-state index contributed by atoms with van der Waals surface area (Å²) in [7, 11) is 0. The number of urea groups is 1. The zero-order valence-electron chi connectivity index (χ0n) is 17.2. The summed E-state index contributed by atoms with van der Waals surface area (Å²) in [5.41, 5.74) is 1.60. The standard InChI is InChI=1S/C23H25N3O5/c27-20-12-13-26(23(29)25-20)18-8-11-21(24-14-18)31-19-9-6-17(7-10-19)22(28)30-15-16-4-2-1-3-5-16/h1-5,8,11,14,17,19H,6-7,9-10,12-13,15H2,(H,25,27,29)/t17-,19-. The maximum Gasteiger partial charge on any atom is 0.328 e. The van der Waals surface area contributed by atoms with Crippen molar-refractivity contribution in [1.29, 1.82) is 0 Å². The first-order valence-electron chi connectivity index (χ1n) is 10.5. The molecule has 1 aliphatic heterocycles. The van der Waals surface area contributed by atoms with Crippen molar-refractivity contribution in [3.05, 3.63) is 54.2 Å². The highest BCUT2D eigenvalue weighted by atomic mass is 16.5. The van der Waals surface area contributed by atoms with E-state index >= 15 is 0 Å². The Kier molecular flexibility index (Phi) is 6.45. The topological polar surface area (TPSA) is 97.8 Å². The van der Waals surface area contributed by atoms with Crippen molar-refractivity contribution < 1.29 is 23.9 Å². The molecule has 3 amide bonds. The van der Waals surface area contributed by atoms with Crippen LogP contribution in [0.25, 0.3) is 0 Å². The van der Waals surface area contributed by atoms with Gasteiger partial charge in [-0.3, -0.25) is 19.8 Å². The van der Waals surface area contributed by atoms with Gasteiger partial charge in [0.2, 0.25) is 11.8 Å². The van der Waals surface area contributed by atoms with Crippen LogP contribution in [0, 0.1) is 5.92 Å². The van der Waals surface area contributed by atoms with Crippen molar-refractivity contribution in [2.45, 2.75) is 44.8 Å². The van der Waals surface area contributed by atoms with Crippen LogP contribution in [0.5, 0.6) is 5.88 Å². The fourth-order valence-electron chi connectivity index (χ4n) is 3.85. The third-order valence-corrected chi connectivity index (χ3v) is 5.61. The van der Waals surface area contributed by atoms with E-state index in [2.05, 4.69) is 10.3 Å². The van der Waals surface area contributed by atoms with E-state index in [0.717, 1.165) is 31.2 Å². The number of ether oxygens (including phenoxy) is 2. The zero-order valence-corrected chi connectivity index (χ0v) is 17.2.